The van der Waals surface area contributed by atoms with Gasteiger partial charge in [0.2, 0.25) is 20.0 Å². The Morgan fingerprint density at radius 1 is 0.537 bits per heavy atom. The van der Waals surface area contributed by atoms with Gasteiger partial charge in [0.15, 0.2) is 17.3 Å². The van der Waals surface area contributed by atoms with Crippen LogP contribution in [0.25, 0.3) is 0 Å². The number of ether oxygens (including phenoxy) is 2. The van der Waals surface area contributed by atoms with E-state index in [2.05, 4.69) is 29.9 Å². The van der Waals surface area contributed by atoms with E-state index in [9.17, 15) is 31.2 Å². The van der Waals surface area contributed by atoms with Gasteiger partial charge < -0.3 is 25.0 Å². The van der Waals surface area contributed by atoms with Crippen LogP contribution in [-0.4, -0.2) is 90.4 Å². The highest BCUT2D eigenvalue weighted by atomic mass is 32.2. The predicted octanol–water partition coefficient (Wildman–Crippen LogP) is 10.4. The number of carbonyl (C=O) groups is 4. The van der Waals surface area contributed by atoms with Crippen molar-refractivity contribution in [3.63, 3.8) is 0 Å². The quantitative estimate of drug-likeness (QED) is 0.0379. The van der Waals surface area contributed by atoms with Gasteiger partial charge in [0.25, 0.3) is 11.8 Å². The Balaban J connectivity index is 1.08. The Bertz CT molecular complexity index is 3540. The molecular formula is C64H68N6O10S2. The maximum atomic E-state index is 15.3. The molecule has 2 fully saturated rings. The Labute approximate surface area is 480 Å². The maximum Gasteiger partial charge on any atom is 0.259 e. The molecule has 7 aromatic rings. The number of hydrogen-bond acceptors (Lipinski definition) is 12. The van der Waals surface area contributed by atoms with E-state index in [1.54, 1.807) is 78.9 Å². The fourth-order valence-corrected chi connectivity index (χ4v) is 12.2. The summed E-state index contributed by atoms with van der Waals surface area (Å²) < 4.78 is 71.6. The number of carbonyl (C=O) groups excluding carboxylic acids is 4. The largest absolute Gasteiger partial charge is 0.456 e. The number of likely N-dealkylation sites (tertiary alicyclic amines) is 1. The zero-order valence-electron chi connectivity index (χ0n) is 45.8. The summed E-state index contributed by atoms with van der Waals surface area (Å²) in [6, 6.07) is 48.1. The third-order valence-corrected chi connectivity index (χ3v) is 17.5. The number of unbranched alkanes of at least 4 members (excludes halogenated alkanes) is 1. The number of hydrogen-bond donors (Lipinski definition) is 4. The second-order valence-electron chi connectivity index (χ2n) is 20.5. The van der Waals surface area contributed by atoms with Gasteiger partial charge in [-0.05, 0) is 142 Å². The summed E-state index contributed by atoms with van der Waals surface area (Å²) >= 11 is 0. The Morgan fingerprint density at radius 2 is 1.06 bits per heavy atom. The molecule has 0 aromatic heterocycles. The number of amides is 2. The minimum absolute atomic E-state index is 0.00321. The fourth-order valence-electron chi connectivity index (χ4n) is 10.2. The first-order chi connectivity index (χ1) is 39.7. The van der Waals surface area contributed by atoms with Crippen LogP contribution < -0.4 is 34.5 Å². The van der Waals surface area contributed by atoms with Crippen molar-refractivity contribution in [2.24, 2.45) is 0 Å². The molecule has 2 heterocycles. The van der Waals surface area contributed by atoms with Gasteiger partial charge >= 0.3 is 0 Å². The van der Waals surface area contributed by atoms with Crippen LogP contribution >= 0.6 is 0 Å². The molecule has 82 heavy (non-hydrogen) atoms. The molecule has 426 valence electrons. The average molecular weight is 1150 g/mol. The standard InChI is InChI=1S/C64H68N6O10S2/c1-2-3-28-57(60(72)44-66-82(77,78)52-23-11-6-12-24-52)67-64(74)55-27-18-29-58(62(55)80-50-36-32-48(33-37-50)70-40-15-16-41-70)68-63(73)54-26-17-25-53(61(54)79-49-34-30-47(31-35-49)45-69-38-13-14-39-69)56(42-46-19-7-4-8-20-46)59(71)43-65-81(75,76)51-21-9-5-10-22-51/h4-12,17-27,29-37,56-57,65-66H,2-3,13-16,28,38-45H2,1H3,(H,67,74)(H,68,73)/t56-,57?/m0/s1. The summed E-state index contributed by atoms with van der Waals surface area (Å²) in [4.78, 5) is 63.2. The average Bonchev–Trinajstić information content (AvgIpc) is 4.24. The number of nitrogens with zero attached hydrogens (tertiary/aromatic N) is 2. The zero-order valence-corrected chi connectivity index (χ0v) is 47.4. The molecule has 2 aliphatic rings. The predicted molar refractivity (Wildman–Crippen MR) is 317 cm³/mol. The number of sulfonamides is 2. The monoisotopic (exact) mass is 1140 g/mol. The zero-order chi connectivity index (χ0) is 57.5. The molecule has 0 bridgehead atoms. The Kier molecular flexibility index (Phi) is 19.8. The Morgan fingerprint density at radius 3 is 1.66 bits per heavy atom. The number of para-hydroxylation sites is 2. The number of Topliss-reactive ketones (excluding diaryl/α,β-unsaturated/α-hetero) is 2. The summed E-state index contributed by atoms with van der Waals surface area (Å²) in [5.74, 6) is -2.79. The van der Waals surface area contributed by atoms with Gasteiger partial charge in [-0.25, -0.2) is 26.3 Å². The molecule has 0 aliphatic carbocycles. The van der Waals surface area contributed by atoms with Crippen molar-refractivity contribution in [1.82, 2.24) is 19.7 Å². The molecular weight excluding hydrogens is 1080 g/mol. The van der Waals surface area contributed by atoms with E-state index in [0.29, 0.717) is 29.9 Å². The van der Waals surface area contributed by atoms with Gasteiger partial charge in [-0.2, -0.15) is 0 Å². The van der Waals surface area contributed by atoms with E-state index in [1.165, 1.54) is 30.3 Å². The van der Waals surface area contributed by atoms with Gasteiger partial charge in [0.05, 0.1) is 51.7 Å². The fraction of sp³-hybridized carbons (Fsp3) is 0.281. The summed E-state index contributed by atoms with van der Waals surface area (Å²) in [5, 5.41) is 5.84. The van der Waals surface area contributed by atoms with Gasteiger partial charge in [-0.15, -0.1) is 0 Å². The lowest BCUT2D eigenvalue weighted by molar-refractivity contribution is -0.120. The third-order valence-electron chi connectivity index (χ3n) is 14.6. The van der Waals surface area contributed by atoms with Gasteiger partial charge in [0, 0.05) is 30.9 Å². The van der Waals surface area contributed by atoms with E-state index in [1.807, 2.05) is 73.7 Å². The second-order valence-corrected chi connectivity index (χ2v) is 24.0. The maximum absolute atomic E-state index is 15.3. The molecule has 2 aliphatic heterocycles. The minimum Gasteiger partial charge on any atom is -0.456 e. The van der Waals surface area contributed by atoms with Crippen LogP contribution in [0.4, 0.5) is 11.4 Å². The van der Waals surface area contributed by atoms with Crippen LogP contribution in [0.1, 0.15) is 95.2 Å². The summed E-state index contributed by atoms with van der Waals surface area (Å²) in [6.45, 7) is 5.38. The number of anilines is 2. The lowest BCUT2D eigenvalue weighted by Gasteiger charge is -2.23. The number of benzene rings is 7. The van der Waals surface area contributed by atoms with Gasteiger partial charge in [-0.1, -0.05) is 117 Å². The first-order valence-electron chi connectivity index (χ1n) is 27.8. The van der Waals surface area contributed by atoms with Crippen molar-refractivity contribution < 1.29 is 45.5 Å². The van der Waals surface area contributed by atoms with Crippen LogP contribution in [0, 0.1) is 0 Å². The lowest BCUT2D eigenvalue weighted by Crippen LogP contribution is -2.45. The van der Waals surface area contributed by atoms with Crippen LogP contribution in [0.15, 0.2) is 186 Å². The van der Waals surface area contributed by atoms with E-state index >= 15 is 4.79 Å². The number of nitrogens with one attached hydrogen (secondary N) is 4. The molecule has 0 radical (unpaired) electrons. The van der Waals surface area contributed by atoms with Crippen molar-refractivity contribution in [3.05, 3.63) is 204 Å². The van der Waals surface area contributed by atoms with Crippen LogP contribution in [0.5, 0.6) is 23.0 Å². The summed E-state index contributed by atoms with van der Waals surface area (Å²) in [6.07, 6.45) is 5.99. The highest BCUT2D eigenvalue weighted by Crippen LogP contribution is 2.40. The van der Waals surface area contributed by atoms with E-state index < -0.39 is 68.5 Å². The van der Waals surface area contributed by atoms with Crippen LogP contribution in [0.3, 0.4) is 0 Å². The van der Waals surface area contributed by atoms with Crippen molar-refractivity contribution >= 4 is 54.8 Å². The topological polar surface area (TPSA) is 210 Å². The molecule has 0 saturated carbocycles. The molecule has 18 heteroatoms. The lowest BCUT2D eigenvalue weighted by atomic mass is 9.86. The highest BCUT2D eigenvalue weighted by Gasteiger charge is 2.31. The number of rotatable bonds is 27. The minimum atomic E-state index is -4.10. The van der Waals surface area contributed by atoms with Crippen molar-refractivity contribution in [2.45, 2.75) is 86.6 Å². The van der Waals surface area contributed by atoms with E-state index in [-0.39, 0.29) is 50.9 Å². The molecule has 16 nitrogen and oxygen atoms in total. The first kappa shape index (κ1) is 58.6. The molecule has 0 spiro atoms. The van der Waals surface area contributed by atoms with Crippen LogP contribution in [-0.2, 0) is 42.6 Å². The van der Waals surface area contributed by atoms with E-state index in [4.69, 9.17) is 9.47 Å². The summed E-state index contributed by atoms with van der Waals surface area (Å²) in [7, 11) is -8.15. The van der Waals surface area contributed by atoms with Crippen molar-refractivity contribution in [3.8, 4) is 23.0 Å². The molecule has 1 unspecified atom stereocenters. The SMILES string of the molecule is CCCCC(NC(=O)c1cccc(NC(=O)c2cccc([C@H](Cc3ccccc3)C(=O)CNS(=O)(=O)c3ccccc3)c2Oc2ccc(CN3CCCC3)cc2)c1Oc1ccc(N2CCCC2)cc1)C(=O)CNS(=O)(=O)c1ccccc1. The molecule has 9 rings (SSSR count). The van der Waals surface area contributed by atoms with Crippen LogP contribution in [0.2, 0.25) is 0 Å². The Hall–Kier alpha value is -8.00. The molecule has 7 aromatic carbocycles. The normalized spacial score (nSPS) is 14.4. The number of ketones is 2. The second kappa shape index (κ2) is 27.6. The van der Waals surface area contributed by atoms with Gasteiger partial charge in [-0.3, -0.25) is 24.1 Å². The van der Waals surface area contributed by atoms with Crippen molar-refractivity contribution in [2.75, 3.05) is 49.5 Å². The molecule has 2 amide bonds. The van der Waals surface area contributed by atoms with Gasteiger partial charge in [0.1, 0.15) is 17.2 Å². The molecule has 4 N–H and O–H groups in total. The van der Waals surface area contributed by atoms with E-state index in [0.717, 1.165) is 75.2 Å². The molecule has 2 atom stereocenters. The summed E-state index contributed by atoms with van der Waals surface area (Å²) in [5.41, 5.74) is 3.20. The first-order valence-corrected chi connectivity index (χ1v) is 30.8. The van der Waals surface area contributed by atoms with Crippen molar-refractivity contribution in [1.29, 1.82) is 0 Å². The highest BCUT2D eigenvalue weighted by molar-refractivity contribution is 7.89. The molecule has 2 saturated heterocycles. The third kappa shape index (κ3) is 15.3. The smallest absolute Gasteiger partial charge is 0.259 e.